The van der Waals surface area contributed by atoms with Crippen LogP contribution < -0.4 is 9.64 Å². The van der Waals surface area contributed by atoms with E-state index in [1.807, 2.05) is 6.92 Å². The van der Waals surface area contributed by atoms with Crippen LogP contribution in [-0.2, 0) is 4.79 Å². The largest absolute Gasteiger partial charge is 0.503 e. The van der Waals surface area contributed by atoms with E-state index in [1.165, 1.54) is 35.4 Å². The zero-order valence-corrected chi connectivity index (χ0v) is 18.1. The average molecular weight is 464 g/mol. The van der Waals surface area contributed by atoms with E-state index >= 15 is 0 Å². The van der Waals surface area contributed by atoms with Gasteiger partial charge in [-0.05, 0) is 55.0 Å². The molecule has 1 unspecified atom stereocenters. The zero-order chi connectivity index (χ0) is 23.1. The topological polar surface area (TPSA) is 92.9 Å². The third-order valence-corrected chi connectivity index (χ3v) is 6.25. The number of furan rings is 1. The minimum absolute atomic E-state index is 0.0106. The lowest BCUT2D eigenvalue weighted by molar-refractivity contribution is -0.117. The number of carbonyl (C=O) groups excluding carboxylic acids is 2. The summed E-state index contributed by atoms with van der Waals surface area (Å²) in [5.74, 6) is -1.98. The molecule has 0 saturated carbocycles. The summed E-state index contributed by atoms with van der Waals surface area (Å²) in [6.07, 6.45) is 1.34. The second-order valence-electron chi connectivity index (χ2n) is 7.26. The minimum atomic E-state index is -0.985. The van der Waals surface area contributed by atoms with Gasteiger partial charge in [0.2, 0.25) is 5.78 Å². The first kappa shape index (κ1) is 20.9. The highest BCUT2D eigenvalue weighted by Gasteiger charge is 2.46. The summed E-state index contributed by atoms with van der Waals surface area (Å²) in [7, 11) is 0. The molecular weight excluding hydrogens is 447 g/mol. The Kier molecular flexibility index (Phi) is 5.18. The van der Waals surface area contributed by atoms with Crippen molar-refractivity contribution in [3.8, 4) is 5.75 Å². The number of carbonyl (C=O) groups is 2. The summed E-state index contributed by atoms with van der Waals surface area (Å²) >= 11 is 1.09. The fraction of sp³-hybridized carbons (Fsp3) is 0.125. The normalized spacial score (nSPS) is 16.1. The first-order valence-corrected chi connectivity index (χ1v) is 10.9. The molecule has 166 valence electrons. The molecular formula is C24H17FN2O5S. The second kappa shape index (κ2) is 8.18. The number of halogens is 1. The predicted octanol–water partition coefficient (Wildman–Crippen LogP) is 5.21. The van der Waals surface area contributed by atoms with Gasteiger partial charge in [-0.3, -0.25) is 14.5 Å². The van der Waals surface area contributed by atoms with Gasteiger partial charge >= 0.3 is 0 Å². The molecule has 0 saturated heterocycles. The Morgan fingerprint density at radius 2 is 2.09 bits per heavy atom. The van der Waals surface area contributed by atoms with Crippen molar-refractivity contribution in [2.24, 2.45) is 0 Å². The molecule has 0 fully saturated rings. The first-order chi connectivity index (χ1) is 16.0. The Morgan fingerprint density at radius 1 is 1.24 bits per heavy atom. The van der Waals surface area contributed by atoms with Crippen LogP contribution in [0.4, 0.5) is 9.52 Å². The van der Waals surface area contributed by atoms with Crippen LogP contribution in [0.3, 0.4) is 0 Å². The molecule has 4 aromatic rings. The number of rotatable bonds is 6. The molecule has 0 radical (unpaired) electrons. The maximum absolute atomic E-state index is 13.7. The van der Waals surface area contributed by atoms with E-state index in [0.717, 1.165) is 11.3 Å². The number of aliphatic hydroxyl groups excluding tert-OH is 1. The number of Topliss-reactive ketones (excluding diaryl/α,β-unsaturated/α-hetero) is 1. The molecule has 3 heterocycles. The predicted molar refractivity (Wildman–Crippen MR) is 120 cm³/mol. The summed E-state index contributed by atoms with van der Waals surface area (Å²) in [4.78, 5) is 32.2. The monoisotopic (exact) mass is 464 g/mol. The van der Waals surface area contributed by atoms with Gasteiger partial charge in [0.25, 0.3) is 5.91 Å². The van der Waals surface area contributed by atoms with Crippen molar-refractivity contribution in [3.05, 3.63) is 89.3 Å². The van der Waals surface area contributed by atoms with Gasteiger partial charge in [-0.1, -0.05) is 23.5 Å². The standard InChI is InChI=1S/C24H17FN2O5S/c1-2-31-15-6-3-5-13(11-15)20-19(21(28)17-7-4-10-32-17)22(29)23(30)27(20)24-26-16-9-8-14(25)12-18(16)33-24/h3-12,20,29H,2H2,1H3. The lowest BCUT2D eigenvalue weighted by Gasteiger charge is -2.24. The smallest absolute Gasteiger partial charge is 0.296 e. The number of fused-ring (bicyclic) bond motifs is 1. The molecule has 1 atom stereocenters. The Balaban J connectivity index is 1.68. The van der Waals surface area contributed by atoms with E-state index in [0.29, 0.717) is 28.1 Å². The van der Waals surface area contributed by atoms with Crippen molar-refractivity contribution in [2.75, 3.05) is 11.5 Å². The van der Waals surface area contributed by atoms with Crippen LogP contribution in [0.15, 0.2) is 76.6 Å². The molecule has 1 aliphatic heterocycles. The number of amides is 1. The lowest BCUT2D eigenvalue weighted by atomic mass is 9.95. The van der Waals surface area contributed by atoms with Crippen LogP contribution in [-0.4, -0.2) is 28.4 Å². The van der Waals surface area contributed by atoms with E-state index < -0.39 is 29.3 Å². The van der Waals surface area contributed by atoms with Crippen molar-refractivity contribution in [3.63, 3.8) is 0 Å². The Labute approximate surface area is 191 Å². The summed E-state index contributed by atoms with van der Waals surface area (Å²) in [5, 5.41) is 11.0. The van der Waals surface area contributed by atoms with Gasteiger partial charge < -0.3 is 14.3 Å². The van der Waals surface area contributed by atoms with E-state index in [9.17, 15) is 19.1 Å². The van der Waals surface area contributed by atoms with Gasteiger partial charge in [-0.25, -0.2) is 9.37 Å². The third-order valence-electron chi connectivity index (χ3n) is 5.23. The average Bonchev–Trinajstić information content (AvgIpc) is 3.53. The van der Waals surface area contributed by atoms with Crippen molar-refractivity contribution < 1.29 is 28.2 Å². The number of thiazole rings is 1. The third kappa shape index (κ3) is 3.56. The summed E-state index contributed by atoms with van der Waals surface area (Å²) in [5.41, 5.74) is 0.907. The number of benzene rings is 2. The number of anilines is 1. The molecule has 33 heavy (non-hydrogen) atoms. The Bertz CT molecular complexity index is 1410. The minimum Gasteiger partial charge on any atom is -0.503 e. The van der Waals surface area contributed by atoms with Crippen LogP contribution in [0.5, 0.6) is 5.75 Å². The molecule has 9 heteroatoms. The number of ether oxygens (including phenoxy) is 1. The first-order valence-electron chi connectivity index (χ1n) is 10.1. The number of aromatic nitrogens is 1. The van der Waals surface area contributed by atoms with Gasteiger partial charge in [-0.15, -0.1) is 0 Å². The van der Waals surface area contributed by atoms with Crippen molar-refractivity contribution >= 4 is 38.4 Å². The zero-order valence-electron chi connectivity index (χ0n) is 17.3. The van der Waals surface area contributed by atoms with Gasteiger partial charge in [0.1, 0.15) is 11.6 Å². The maximum atomic E-state index is 13.7. The molecule has 0 spiro atoms. The van der Waals surface area contributed by atoms with Crippen molar-refractivity contribution in [1.29, 1.82) is 0 Å². The lowest BCUT2D eigenvalue weighted by Crippen LogP contribution is -2.31. The fourth-order valence-electron chi connectivity index (χ4n) is 3.82. The number of hydrogen-bond acceptors (Lipinski definition) is 7. The Morgan fingerprint density at radius 3 is 2.85 bits per heavy atom. The number of ketones is 1. The van der Waals surface area contributed by atoms with E-state index in [4.69, 9.17) is 9.15 Å². The van der Waals surface area contributed by atoms with E-state index in [1.54, 1.807) is 30.3 Å². The number of hydrogen-bond donors (Lipinski definition) is 1. The molecule has 1 aliphatic rings. The maximum Gasteiger partial charge on any atom is 0.296 e. The molecule has 1 amide bonds. The molecule has 5 rings (SSSR count). The SMILES string of the molecule is CCOc1cccc(C2C(C(=O)c3ccco3)=C(O)C(=O)N2c2nc3ccc(F)cc3s2)c1. The highest BCUT2D eigenvalue weighted by atomic mass is 32.1. The molecule has 0 bridgehead atoms. The van der Waals surface area contributed by atoms with Crippen LogP contribution >= 0.6 is 11.3 Å². The molecule has 2 aromatic heterocycles. The fourth-order valence-corrected chi connectivity index (χ4v) is 4.84. The number of nitrogens with zero attached hydrogens (tertiary/aromatic N) is 2. The molecule has 7 nitrogen and oxygen atoms in total. The second-order valence-corrected chi connectivity index (χ2v) is 8.27. The molecule has 1 N–H and O–H groups in total. The van der Waals surface area contributed by atoms with Crippen LogP contribution in [0.2, 0.25) is 0 Å². The van der Waals surface area contributed by atoms with Gasteiger partial charge in [-0.2, -0.15) is 0 Å². The van der Waals surface area contributed by atoms with Crippen LogP contribution in [0, 0.1) is 5.82 Å². The van der Waals surface area contributed by atoms with E-state index in [-0.39, 0.29) is 16.5 Å². The van der Waals surface area contributed by atoms with Crippen LogP contribution in [0.25, 0.3) is 10.2 Å². The highest BCUT2D eigenvalue weighted by molar-refractivity contribution is 7.22. The summed E-state index contributed by atoms with van der Waals surface area (Å²) < 4.78 is 25.1. The van der Waals surface area contributed by atoms with Crippen LogP contribution in [0.1, 0.15) is 29.1 Å². The van der Waals surface area contributed by atoms with Gasteiger partial charge in [0, 0.05) is 0 Å². The number of aliphatic hydroxyl groups is 1. The molecule has 0 aliphatic carbocycles. The highest BCUT2D eigenvalue weighted by Crippen LogP contribution is 2.44. The molecule has 2 aromatic carbocycles. The summed E-state index contributed by atoms with van der Waals surface area (Å²) in [6.45, 7) is 2.27. The van der Waals surface area contributed by atoms with E-state index in [2.05, 4.69) is 4.98 Å². The Hall–Kier alpha value is -3.98. The summed E-state index contributed by atoms with van der Waals surface area (Å²) in [6, 6.07) is 13.1. The van der Waals surface area contributed by atoms with Gasteiger partial charge in [0.05, 0.1) is 34.7 Å². The van der Waals surface area contributed by atoms with Crippen molar-refractivity contribution in [1.82, 2.24) is 4.98 Å². The van der Waals surface area contributed by atoms with Crippen molar-refractivity contribution in [2.45, 2.75) is 13.0 Å². The van der Waals surface area contributed by atoms with Gasteiger partial charge in [0.15, 0.2) is 16.7 Å². The quantitative estimate of drug-likeness (QED) is 0.394.